The highest BCUT2D eigenvalue weighted by Gasteiger charge is 2.21. The minimum absolute atomic E-state index is 0. The van der Waals surface area contributed by atoms with Crippen LogP contribution in [0.3, 0.4) is 0 Å². The number of piperazine rings is 1. The molecule has 7 heteroatoms. The lowest BCUT2D eigenvalue weighted by Gasteiger charge is -2.38. The van der Waals surface area contributed by atoms with E-state index < -0.39 is 0 Å². The van der Waals surface area contributed by atoms with Crippen molar-refractivity contribution in [2.75, 3.05) is 51.7 Å². The Kier molecular flexibility index (Phi) is 9.71. The molecule has 1 atom stereocenters. The Morgan fingerprint density at radius 3 is 2.33 bits per heavy atom. The van der Waals surface area contributed by atoms with Gasteiger partial charge in [-0.25, -0.2) is 0 Å². The minimum Gasteiger partial charge on any atom is -0.506 e. The predicted molar refractivity (Wildman–Crippen MR) is 136 cm³/mol. The molecule has 1 saturated heterocycles. The molecular weight excluding hydrogens is 489 g/mol. The molecule has 1 fully saturated rings. The first-order valence-electron chi connectivity index (χ1n) is 10.3. The number of phenolic OH excluding ortho intramolecular Hbond substituents is 1. The number of nitrogens with one attached hydrogen (secondary N) is 1. The van der Waals surface area contributed by atoms with Gasteiger partial charge in [-0.15, -0.1) is 24.0 Å². The van der Waals surface area contributed by atoms with Crippen molar-refractivity contribution in [2.45, 2.75) is 19.5 Å². The quantitative estimate of drug-likeness (QED) is 0.346. The smallest absolute Gasteiger partial charge is 0.193 e. The SMILES string of the molecule is CN=C(NCC(C)N(C)Cc1ccccc1)N1CCN(c2ccccc2O)CC1.I. The number of anilines is 1. The van der Waals surface area contributed by atoms with Gasteiger partial charge in [-0.2, -0.15) is 0 Å². The molecule has 164 valence electrons. The second-order valence-corrected chi connectivity index (χ2v) is 7.64. The number of guanidine groups is 1. The lowest BCUT2D eigenvalue weighted by atomic mass is 10.2. The number of rotatable bonds is 6. The van der Waals surface area contributed by atoms with E-state index in [1.165, 1.54) is 5.56 Å². The molecule has 2 aromatic rings. The fourth-order valence-corrected chi connectivity index (χ4v) is 3.65. The van der Waals surface area contributed by atoms with E-state index in [1.54, 1.807) is 6.07 Å². The number of benzene rings is 2. The third kappa shape index (κ3) is 6.50. The molecule has 30 heavy (non-hydrogen) atoms. The molecule has 0 aromatic heterocycles. The molecule has 1 heterocycles. The van der Waals surface area contributed by atoms with Crippen molar-refractivity contribution in [3.63, 3.8) is 0 Å². The van der Waals surface area contributed by atoms with E-state index in [1.807, 2.05) is 25.2 Å². The Labute approximate surface area is 197 Å². The first-order chi connectivity index (χ1) is 14.1. The van der Waals surface area contributed by atoms with E-state index in [-0.39, 0.29) is 24.0 Å². The van der Waals surface area contributed by atoms with Crippen LogP contribution in [-0.4, -0.2) is 73.7 Å². The number of hydrogen-bond acceptors (Lipinski definition) is 4. The van der Waals surface area contributed by atoms with Gasteiger partial charge in [-0.3, -0.25) is 9.89 Å². The van der Waals surface area contributed by atoms with Gasteiger partial charge < -0.3 is 20.2 Å². The molecule has 0 radical (unpaired) electrons. The molecular formula is C23H34IN5O. The zero-order valence-electron chi connectivity index (χ0n) is 18.2. The van der Waals surface area contributed by atoms with Gasteiger partial charge in [-0.1, -0.05) is 42.5 Å². The van der Waals surface area contributed by atoms with Crippen LogP contribution in [0.1, 0.15) is 12.5 Å². The average Bonchev–Trinajstić information content (AvgIpc) is 2.75. The molecule has 2 N–H and O–H groups in total. The van der Waals surface area contributed by atoms with Gasteiger partial charge in [0.15, 0.2) is 5.96 Å². The van der Waals surface area contributed by atoms with Gasteiger partial charge in [0.05, 0.1) is 5.69 Å². The van der Waals surface area contributed by atoms with Crippen molar-refractivity contribution in [2.24, 2.45) is 4.99 Å². The Bertz CT molecular complexity index is 793. The predicted octanol–water partition coefficient (Wildman–Crippen LogP) is 3.23. The van der Waals surface area contributed by atoms with Crippen LogP contribution in [-0.2, 0) is 6.54 Å². The average molecular weight is 523 g/mol. The number of likely N-dealkylation sites (N-methyl/N-ethyl adjacent to an activating group) is 1. The lowest BCUT2D eigenvalue weighted by molar-refractivity contribution is 0.246. The van der Waals surface area contributed by atoms with E-state index in [0.29, 0.717) is 11.8 Å². The molecule has 1 aliphatic rings. The first kappa shape index (κ1) is 24.3. The maximum absolute atomic E-state index is 10.1. The van der Waals surface area contributed by atoms with E-state index >= 15 is 0 Å². The van der Waals surface area contributed by atoms with Gasteiger partial charge in [0.1, 0.15) is 5.75 Å². The third-order valence-corrected chi connectivity index (χ3v) is 5.60. The van der Waals surface area contributed by atoms with E-state index in [2.05, 4.69) is 69.3 Å². The number of nitrogens with zero attached hydrogens (tertiary/aromatic N) is 4. The summed E-state index contributed by atoms with van der Waals surface area (Å²) in [4.78, 5) is 11.4. The van der Waals surface area contributed by atoms with Crippen molar-refractivity contribution in [1.82, 2.24) is 15.1 Å². The molecule has 2 aromatic carbocycles. The van der Waals surface area contributed by atoms with Gasteiger partial charge in [0, 0.05) is 52.4 Å². The number of aliphatic imine (C=N–C) groups is 1. The summed E-state index contributed by atoms with van der Waals surface area (Å²) < 4.78 is 0. The van der Waals surface area contributed by atoms with Crippen LogP contribution in [0, 0.1) is 0 Å². The van der Waals surface area contributed by atoms with Gasteiger partial charge >= 0.3 is 0 Å². The van der Waals surface area contributed by atoms with Crippen molar-refractivity contribution in [1.29, 1.82) is 0 Å². The molecule has 1 aliphatic heterocycles. The molecule has 0 aliphatic carbocycles. The Balaban J connectivity index is 0.00000320. The topological polar surface area (TPSA) is 54.3 Å². The Hall–Kier alpha value is -2.00. The van der Waals surface area contributed by atoms with E-state index in [9.17, 15) is 5.11 Å². The molecule has 0 bridgehead atoms. The zero-order chi connectivity index (χ0) is 20.6. The summed E-state index contributed by atoms with van der Waals surface area (Å²) in [6.45, 7) is 7.49. The summed E-state index contributed by atoms with van der Waals surface area (Å²) >= 11 is 0. The van der Waals surface area contributed by atoms with Crippen LogP contribution in [0.25, 0.3) is 0 Å². The normalized spacial score (nSPS) is 15.7. The standard InChI is InChI=1S/C23H33N5O.HI/c1-19(26(3)18-20-9-5-4-6-10-20)17-25-23(24-2)28-15-13-27(14-16-28)21-11-7-8-12-22(21)29;/h4-12,19,29H,13-18H2,1-3H3,(H,24,25);1H. The number of para-hydroxylation sites is 2. The number of hydrogen-bond donors (Lipinski definition) is 2. The van der Waals surface area contributed by atoms with Crippen LogP contribution in [0.4, 0.5) is 5.69 Å². The van der Waals surface area contributed by atoms with Gasteiger partial charge in [-0.05, 0) is 31.7 Å². The summed E-state index contributed by atoms with van der Waals surface area (Å²) in [7, 11) is 4.00. The van der Waals surface area contributed by atoms with Crippen molar-refractivity contribution < 1.29 is 5.11 Å². The molecule has 0 saturated carbocycles. The van der Waals surface area contributed by atoms with E-state index in [4.69, 9.17) is 0 Å². The van der Waals surface area contributed by atoms with Crippen LogP contribution >= 0.6 is 24.0 Å². The van der Waals surface area contributed by atoms with Crippen LogP contribution in [0.5, 0.6) is 5.75 Å². The Morgan fingerprint density at radius 1 is 1.07 bits per heavy atom. The molecule has 1 unspecified atom stereocenters. The highest BCUT2D eigenvalue weighted by atomic mass is 127. The minimum atomic E-state index is 0. The van der Waals surface area contributed by atoms with Crippen LogP contribution in [0.15, 0.2) is 59.6 Å². The zero-order valence-corrected chi connectivity index (χ0v) is 20.5. The second kappa shape index (κ2) is 12.0. The molecule has 0 amide bonds. The second-order valence-electron chi connectivity index (χ2n) is 7.64. The van der Waals surface area contributed by atoms with Crippen molar-refractivity contribution in [3.05, 3.63) is 60.2 Å². The van der Waals surface area contributed by atoms with E-state index in [0.717, 1.165) is 50.9 Å². The summed E-state index contributed by atoms with van der Waals surface area (Å²) in [5.41, 5.74) is 2.23. The largest absolute Gasteiger partial charge is 0.506 e. The highest BCUT2D eigenvalue weighted by molar-refractivity contribution is 14.0. The fourth-order valence-electron chi connectivity index (χ4n) is 3.65. The Morgan fingerprint density at radius 2 is 1.70 bits per heavy atom. The van der Waals surface area contributed by atoms with Crippen LogP contribution in [0.2, 0.25) is 0 Å². The van der Waals surface area contributed by atoms with Crippen molar-refractivity contribution in [3.8, 4) is 5.75 Å². The highest BCUT2D eigenvalue weighted by Crippen LogP contribution is 2.27. The van der Waals surface area contributed by atoms with Gasteiger partial charge in [0.2, 0.25) is 0 Å². The molecule has 3 rings (SSSR count). The summed E-state index contributed by atoms with van der Waals surface area (Å²) in [6.07, 6.45) is 0. The maximum Gasteiger partial charge on any atom is 0.193 e. The lowest BCUT2D eigenvalue weighted by Crippen LogP contribution is -2.54. The fraction of sp³-hybridized carbons (Fsp3) is 0.435. The third-order valence-electron chi connectivity index (χ3n) is 5.60. The summed E-state index contributed by atoms with van der Waals surface area (Å²) in [6, 6.07) is 18.5. The first-order valence-corrected chi connectivity index (χ1v) is 10.3. The monoisotopic (exact) mass is 523 g/mol. The summed E-state index contributed by atoms with van der Waals surface area (Å²) in [5.74, 6) is 1.29. The van der Waals surface area contributed by atoms with Crippen LogP contribution < -0.4 is 10.2 Å². The van der Waals surface area contributed by atoms with Gasteiger partial charge in [0.25, 0.3) is 0 Å². The number of phenols is 1. The number of halogens is 1. The number of aromatic hydroxyl groups is 1. The maximum atomic E-state index is 10.1. The molecule has 6 nitrogen and oxygen atoms in total. The molecule has 0 spiro atoms. The van der Waals surface area contributed by atoms with Crippen molar-refractivity contribution >= 4 is 35.6 Å². The summed E-state index contributed by atoms with van der Waals surface area (Å²) in [5, 5.41) is 13.6.